The first-order valence-electron chi connectivity index (χ1n) is 6.11. The van der Waals surface area contributed by atoms with E-state index in [9.17, 15) is 0 Å². The molecule has 2 rings (SSSR count). The van der Waals surface area contributed by atoms with Crippen molar-refractivity contribution in [2.45, 2.75) is 26.1 Å². The van der Waals surface area contributed by atoms with Gasteiger partial charge in [0.2, 0.25) is 0 Å². The van der Waals surface area contributed by atoms with Crippen molar-refractivity contribution in [3.05, 3.63) is 57.1 Å². The van der Waals surface area contributed by atoms with Crippen molar-refractivity contribution in [2.75, 3.05) is 0 Å². The number of halogens is 2. The average Bonchev–Trinajstić information content (AvgIpc) is 2.36. The number of rotatable bonds is 3. The predicted octanol–water partition coefficient (Wildman–Crippen LogP) is 6.06. The maximum atomic E-state index is 5.94. The molecule has 0 amide bonds. The van der Waals surface area contributed by atoms with Crippen LogP contribution in [0.15, 0.2) is 34.8 Å². The molecule has 0 fully saturated rings. The van der Waals surface area contributed by atoms with E-state index in [0.29, 0.717) is 0 Å². The fraction of sp³-hybridized carbons (Fsp3) is 0.250. The van der Waals surface area contributed by atoms with Crippen molar-refractivity contribution in [1.82, 2.24) is 0 Å². The van der Waals surface area contributed by atoms with E-state index in [1.54, 1.807) is 0 Å². The third kappa shape index (κ3) is 3.40. The Balaban J connectivity index is 2.29. The van der Waals surface area contributed by atoms with Crippen LogP contribution < -0.4 is 4.74 Å². The van der Waals surface area contributed by atoms with Crippen molar-refractivity contribution < 1.29 is 4.74 Å². The Morgan fingerprint density at radius 3 is 2.00 bits per heavy atom. The van der Waals surface area contributed by atoms with Crippen LogP contribution in [0.1, 0.15) is 22.3 Å². The minimum Gasteiger partial charge on any atom is -0.457 e. The Kier molecular flexibility index (Phi) is 4.69. The molecule has 100 valence electrons. The van der Waals surface area contributed by atoms with Gasteiger partial charge in [0.05, 0.1) is 0 Å². The van der Waals surface area contributed by atoms with Gasteiger partial charge in [0, 0.05) is 9.80 Å². The van der Waals surface area contributed by atoms with Crippen LogP contribution in [0.5, 0.6) is 11.5 Å². The number of hydrogen-bond acceptors (Lipinski definition) is 1. The Labute approximate surface area is 131 Å². The molecule has 0 aliphatic carbocycles. The molecule has 0 saturated carbocycles. The molecule has 0 N–H and O–H groups in total. The zero-order chi connectivity index (χ0) is 14.0. The largest absolute Gasteiger partial charge is 0.457 e. The molecule has 3 heteroatoms. The van der Waals surface area contributed by atoms with Crippen molar-refractivity contribution >= 4 is 31.9 Å². The second kappa shape index (κ2) is 6.10. The first-order chi connectivity index (χ1) is 9.01. The molecule has 2 aromatic carbocycles. The summed E-state index contributed by atoms with van der Waals surface area (Å²) in [5, 5.41) is 0.871. The molecule has 0 aliphatic rings. The summed E-state index contributed by atoms with van der Waals surface area (Å²) in [5.74, 6) is 1.76. The quantitative estimate of drug-likeness (QED) is 0.585. The Morgan fingerprint density at radius 2 is 1.47 bits per heavy atom. The predicted molar refractivity (Wildman–Crippen MR) is 87.5 cm³/mol. The van der Waals surface area contributed by atoms with Crippen LogP contribution in [-0.2, 0) is 5.33 Å². The van der Waals surface area contributed by atoms with E-state index in [1.807, 2.05) is 18.2 Å². The average molecular weight is 384 g/mol. The highest BCUT2D eigenvalue weighted by molar-refractivity contribution is 9.10. The van der Waals surface area contributed by atoms with Crippen LogP contribution in [0.25, 0.3) is 0 Å². The molecule has 0 heterocycles. The van der Waals surface area contributed by atoms with E-state index >= 15 is 0 Å². The van der Waals surface area contributed by atoms with Gasteiger partial charge in [-0.15, -0.1) is 0 Å². The molecule has 0 aromatic heterocycles. The number of aryl methyl sites for hydroxylation is 3. The summed E-state index contributed by atoms with van der Waals surface area (Å²) in [6.07, 6.45) is 0. The molecule has 0 bridgehead atoms. The second-order valence-electron chi connectivity index (χ2n) is 4.70. The van der Waals surface area contributed by atoms with E-state index in [0.717, 1.165) is 21.3 Å². The summed E-state index contributed by atoms with van der Waals surface area (Å²) in [6, 6.07) is 10.3. The number of ether oxygens (including phenoxy) is 1. The lowest BCUT2D eigenvalue weighted by molar-refractivity contribution is 0.481. The smallest absolute Gasteiger partial charge is 0.128 e. The first-order valence-corrected chi connectivity index (χ1v) is 8.03. The number of benzene rings is 2. The molecule has 0 saturated heterocycles. The molecule has 2 aromatic rings. The zero-order valence-electron chi connectivity index (χ0n) is 11.3. The van der Waals surface area contributed by atoms with Gasteiger partial charge >= 0.3 is 0 Å². The normalized spacial score (nSPS) is 10.6. The van der Waals surface area contributed by atoms with Crippen molar-refractivity contribution in [1.29, 1.82) is 0 Å². The molecule has 0 spiro atoms. The van der Waals surface area contributed by atoms with Gasteiger partial charge in [-0.1, -0.05) is 37.9 Å². The molecule has 0 unspecified atom stereocenters. The van der Waals surface area contributed by atoms with Gasteiger partial charge in [-0.3, -0.25) is 0 Å². The summed E-state index contributed by atoms with van der Waals surface area (Å²) in [5.41, 5.74) is 4.89. The maximum Gasteiger partial charge on any atom is 0.128 e. The molecular weight excluding hydrogens is 368 g/mol. The van der Waals surface area contributed by atoms with Gasteiger partial charge in [0.25, 0.3) is 0 Å². The highest BCUT2D eigenvalue weighted by atomic mass is 79.9. The van der Waals surface area contributed by atoms with E-state index < -0.39 is 0 Å². The Bertz CT molecular complexity index is 583. The van der Waals surface area contributed by atoms with Crippen LogP contribution in [0.2, 0.25) is 0 Å². The lowest BCUT2D eigenvalue weighted by atomic mass is 10.1. The fourth-order valence-corrected chi connectivity index (χ4v) is 2.84. The van der Waals surface area contributed by atoms with Gasteiger partial charge in [0.1, 0.15) is 11.5 Å². The summed E-state index contributed by atoms with van der Waals surface area (Å²) >= 11 is 7.05. The molecule has 0 aliphatic heterocycles. The Hall–Kier alpha value is -0.800. The molecule has 0 radical (unpaired) electrons. The summed E-state index contributed by atoms with van der Waals surface area (Å²) in [6.45, 7) is 6.24. The van der Waals surface area contributed by atoms with E-state index in [2.05, 4.69) is 64.8 Å². The van der Waals surface area contributed by atoms with Gasteiger partial charge in [-0.05, 0) is 67.3 Å². The van der Waals surface area contributed by atoms with E-state index in [-0.39, 0.29) is 0 Å². The lowest BCUT2D eigenvalue weighted by Gasteiger charge is -2.11. The monoisotopic (exact) mass is 382 g/mol. The summed E-state index contributed by atoms with van der Waals surface area (Å²) in [4.78, 5) is 0. The number of hydrogen-bond donors (Lipinski definition) is 0. The van der Waals surface area contributed by atoms with Gasteiger partial charge < -0.3 is 4.74 Å². The number of alkyl halides is 1. The fourth-order valence-electron chi connectivity index (χ4n) is 1.98. The minimum absolute atomic E-state index is 0.871. The summed E-state index contributed by atoms with van der Waals surface area (Å²) < 4.78 is 7.08. The van der Waals surface area contributed by atoms with Crippen LogP contribution in [0, 0.1) is 20.8 Å². The molecule has 19 heavy (non-hydrogen) atoms. The highest BCUT2D eigenvalue weighted by Gasteiger charge is 2.05. The highest BCUT2D eigenvalue weighted by Crippen LogP contribution is 2.30. The van der Waals surface area contributed by atoms with E-state index in [1.165, 1.54) is 22.3 Å². The minimum atomic E-state index is 0.871. The molecule has 1 nitrogen and oxygen atoms in total. The van der Waals surface area contributed by atoms with Crippen molar-refractivity contribution in [2.24, 2.45) is 0 Å². The third-order valence-electron chi connectivity index (χ3n) is 3.10. The van der Waals surface area contributed by atoms with Gasteiger partial charge in [-0.2, -0.15) is 0 Å². The topological polar surface area (TPSA) is 9.23 Å². The molecule has 0 atom stereocenters. The Morgan fingerprint density at radius 1 is 0.895 bits per heavy atom. The second-order valence-corrected chi connectivity index (χ2v) is 6.05. The summed E-state index contributed by atoms with van der Waals surface area (Å²) in [7, 11) is 0. The van der Waals surface area contributed by atoms with Gasteiger partial charge in [-0.25, -0.2) is 0 Å². The maximum absolute atomic E-state index is 5.94. The van der Waals surface area contributed by atoms with Crippen molar-refractivity contribution in [3.8, 4) is 11.5 Å². The molecular formula is C16H16Br2O. The standard InChI is InChI=1S/C16H16Br2O/c1-10-6-14(5-4-13(10)9-17)19-15-7-11(2)16(18)12(3)8-15/h4-8H,9H2,1-3H3. The van der Waals surface area contributed by atoms with Crippen LogP contribution in [0.4, 0.5) is 0 Å². The van der Waals surface area contributed by atoms with Gasteiger partial charge in [0.15, 0.2) is 0 Å². The SMILES string of the molecule is Cc1cc(Oc2cc(C)c(Br)c(C)c2)ccc1CBr. The van der Waals surface area contributed by atoms with Crippen LogP contribution in [0.3, 0.4) is 0 Å². The van der Waals surface area contributed by atoms with E-state index in [4.69, 9.17) is 4.74 Å². The first kappa shape index (κ1) is 14.6. The zero-order valence-corrected chi connectivity index (χ0v) is 14.4. The van der Waals surface area contributed by atoms with Crippen LogP contribution in [-0.4, -0.2) is 0 Å². The van der Waals surface area contributed by atoms with Crippen molar-refractivity contribution in [3.63, 3.8) is 0 Å². The lowest BCUT2D eigenvalue weighted by Crippen LogP contribution is -1.90. The third-order valence-corrected chi connectivity index (χ3v) is 4.96. The van der Waals surface area contributed by atoms with Crippen LogP contribution >= 0.6 is 31.9 Å².